The van der Waals surface area contributed by atoms with Gasteiger partial charge in [0.1, 0.15) is 42.7 Å². The number of nitrogens with zero attached hydrogens (tertiary/aromatic N) is 1. The average molecular weight is 620 g/mol. The zero-order valence-electron chi connectivity index (χ0n) is 20.3. The van der Waals surface area contributed by atoms with Crippen LogP contribution in [0.2, 0.25) is 0 Å². The van der Waals surface area contributed by atoms with Crippen molar-refractivity contribution in [2.24, 2.45) is 0 Å². The van der Waals surface area contributed by atoms with Gasteiger partial charge >= 0.3 is 13.5 Å². The van der Waals surface area contributed by atoms with Crippen LogP contribution < -0.4 is 16.6 Å². The minimum absolute atomic E-state index is 0.00699. The highest BCUT2D eigenvalue weighted by molar-refractivity contribution is 8.76. The first-order valence-electron chi connectivity index (χ1n) is 11.4. The number of carbonyl (C=O) groups excluding carboxylic acids is 1. The zero-order valence-corrected chi connectivity index (χ0v) is 22.9. The van der Waals surface area contributed by atoms with Gasteiger partial charge in [0.15, 0.2) is 12.5 Å². The maximum atomic E-state index is 12.7. The zero-order chi connectivity index (χ0) is 28.9. The van der Waals surface area contributed by atoms with Gasteiger partial charge < -0.3 is 45.2 Å². The lowest BCUT2D eigenvalue weighted by atomic mass is 9.97. The van der Waals surface area contributed by atoms with Crippen LogP contribution in [0.3, 0.4) is 0 Å². The predicted octanol–water partition coefficient (Wildman–Crippen LogP) is -3.39. The Bertz CT molecular complexity index is 1140. The number of ether oxygens (including phenoxy) is 2. The molecule has 20 heteroatoms. The highest BCUT2D eigenvalue weighted by Gasteiger charge is 2.49. The molecule has 8 N–H and O–H groups in total. The quantitative estimate of drug-likeness (QED) is 0.0644. The largest absolute Gasteiger partial charge is 0.474 e. The summed E-state index contributed by atoms with van der Waals surface area (Å²) < 4.78 is 34.1. The van der Waals surface area contributed by atoms with E-state index in [0.29, 0.717) is 5.75 Å². The summed E-state index contributed by atoms with van der Waals surface area (Å²) in [4.78, 5) is 47.8. The van der Waals surface area contributed by atoms with Crippen molar-refractivity contribution in [2.45, 2.75) is 61.6 Å². The Balaban J connectivity index is 1.67. The van der Waals surface area contributed by atoms with Gasteiger partial charge in [-0.1, -0.05) is 21.6 Å². The SMILES string of the molecule is CSSCCC(=O)NC1C(OP(=O)(O)OC[C@H]2O[C@@H](n3ccc(=O)[nH]c3=O)C(O)[C@H]2O)OC(CO)C(O)C1O. The van der Waals surface area contributed by atoms with Crippen molar-refractivity contribution in [1.82, 2.24) is 14.9 Å². The monoisotopic (exact) mass is 619 g/mol. The Morgan fingerprint density at radius 1 is 1.15 bits per heavy atom. The van der Waals surface area contributed by atoms with E-state index in [2.05, 4.69) is 5.32 Å². The van der Waals surface area contributed by atoms with E-state index >= 15 is 0 Å². The lowest BCUT2D eigenvalue weighted by Crippen LogP contribution is -2.64. The van der Waals surface area contributed by atoms with Gasteiger partial charge in [-0.3, -0.25) is 28.2 Å². The van der Waals surface area contributed by atoms with Crippen LogP contribution >= 0.6 is 29.4 Å². The summed E-state index contributed by atoms with van der Waals surface area (Å²) >= 11 is 0. The lowest BCUT2D eigenvalue weighted by Gasteiger charge is -2.42. The van der Waals surface area contributed by atoms with E-state index < -0.39 is 93.4 Å². The molecule has 0 spiro atoms. The third-order valence-corrected chi connectivity index (χ3v) is 8.60. The van der Waals surface area contributed by atoms with E-state index in [1.807, 2.05) is 11.2 Å². The number of aromatic nitrogens is 2. The van der Waals surface area contributed by atoms with Gasteiger partial charge in [0.05, 0.1) is 13.2 Å². The van der Waals surface area contributed by atoms with Gasteiger partial charge in [0, 0.05) is 24.4 Å². The van der Waals surface area contributed by atoms with Crippen molar-refractivity contribution in [1.29, 1.82) is 0 Å². The maximum absolute atomic E-state index is 12.7. The first kappa shape index (κ1) is 32.2. The van der Waals surface area contributed by atoms with Gasteiger partial charge in [0.25, 0.3) is 5.56 Å². The van der Waals surface area contributed by atoms with Crippen LogP contribution in [0.1, 0.15) is 12.6 Å². The molecule has 0 aliphatic carbocycles. The summed E-state index contributed by atoms with van der Waals surface area (Å²) in [6.07, 6.45) is -10.2. The molecule has 222 valence electrons. The smallest absolute Gasteiger partial charge is 0.394 e. The summed E-state index contributed by atoms with van der Waals surface area (Å²) in [6, 6.07) is -0.555. The van der Waals surface area contributed by atoms with Gasteiger partial charge in [-0.15, -0.1) is 0 Å². The maximum Gasteiger partial charge on any atom is 0.474 e. The standard InChI is InChI=1S/C19H30N3O14PS2/c1-38-39-5-3-11(25)20-12-15(28)13(26)8(6-23)35-18(12)36-37(31,32)33-7-9-14(27)16(29)17(34-9)22-4-2-10(24)21-19(22)30/h2,4,8-9,12-18,23,26-29H,3,5-7H2,1H3,(H,20,25)(H,31,32)(H,21,24,30)/t8?,9-,12?,13?,14+,15?,16?,17-,18?/m1/s1. The molecule has 0 bridgehead atoms. The highest BCUT2D eigenvalue weighted by Crippen LogP contribution is 2.47. The molecule has 3 heterocycles. The van der Waals surface area contributed by atoms with Crippen LogP contribution in [0.4, 0.5) is 0 Å². The van der Waals surface area contributed by atoms with Crippen molar-refractivity contribution in [3.05, 3.63) is 33.1 Å². The fourth-order valence-corrected chi connectivity index (χ4v) is 5.88. The van der Waals surface area contributed by atoms with Gasteiger partial charge in [-0.2, -0.15) is 0 Å². The number of carbonyl (C=O) groups is 1. The number of hydrogen-bond donors (Lipinski definition) is 8. The summed E-state index contributed by atoms with van der Waals surface area (Å²) in [5, 5.41) is 53.1. The number of aromatic amines is 1. The second kappa shape index (κ2) is 14.0. The molecule has 10 atom stereocenters. The number of aliphatic hydroxyl groups is 5. The number of hydrogen-bond acceptors (Lipinski definition) is 15. The molecule has 2 aliphatic rings. The van der Waals surface area contributed by atoms with Crippen LogP contribution in [0.5, 0.6) is 0 Å². The van der Waals surface area contributed by atoms with Crippen LogP contribution in [0, 0.1) is 0 Å². The molecule has 1 amide bonds. The molecule has 0 radical (unpaired) electrons. The first-order valence-corrected chi connectivity index (χ1v) is 15.7. The fourth-order valence-electron chi connectivity index (χ4n) is 3.86. The van der Waals surface area contributed by atoms with E-state index in [1.54, 1.807) is 0 Å². The fraction of sp³-hybridized carbons (Fsp3) is 0.737. The molecular weight excluding hydrogens is 589 g/mol. The van der Waals surface area contributed by atoms with E-state index in [9.17, 15) is 49.4 Å². The molecule has 2 saturated heterocycles. The summed E-state index contributed by atoms with van der Waals surface area (Å²) in [7, 11) is -2.28. The van der Waals surface area contributed by atoms with E-state index in [-0.39, 0.29) is 6.42 Å². The molecule has 7 unspecified atom stereocenters. The third-order valence-electron chi connectivity index (χ3n) is 5.84. The number of aliphatic hydroxyl groups excluding tert-OH is 5. The first-order chi connectivity index (χ1) is 18.4. The third kappa shape index (κ3) is 8.13. The second-order valence-electron chi connectivity index (χ2n) is 8.47. The summed E-state index contributed by atoms with van der Waals surface area (Å²) in [6.45, 7) is -1.64. The number of rotatable bonds is 12. The molecule has 3 rings (SSSR count). The van der Waals surface area contributed by atoms with Gasteiger partial charge in [-0.05, 0) is 6.26 Å². The molecular formula is C19H30N3O14PS2. The van der Waals surface area contributed by atoms with E-state index in [1.165, 1.54) is 21.6 Å². The Hall–Kier alpha value is -1.32. The van der Waals surface area contributed by atoms with Crippen LogP contribution in [0.15, 0.2) is 21.9 Å². The minimum Gasteiger partial charge on any atom is -0.394 e. The normalized spacial score (nSPS) is 34.5. The minimum atomic E-state index is -5.10. The molecule has 0 aromatic carbocycles. The van der Waals surface area contributed by atoms with Crippen molar-refractivity contribution in [2.75, 3.05) is 25.2 Å². The van der Waals surface area contributed by atoms with E-state index in [4.69, 9.17) is 18.5 Å². The van der Waals surface area contributed by atoms with Gasteiger partial charge in [-0.25, -0.2) is 9.36 Å². The molecule has 2 fully saturated rings. The van der Waals surface area contributed by atoms with Crippen LogP contribution in [-0.4, -0.2) is 120 Å². The molecule has 39 heavy (non-hydrogen) atoms. The molecule has 2 aliphatic heterocycles. The van der Waals surface area contributed by atoms with Crippen molar-refractivity contribution in [3.63, 3.8) is 0 Å². The molecule has 0 saturated carbocycles. The second-order valence-corrected chi connectivity index (χ2v) is 12.6. The number of amides is 1. The van der Waals surface area contributed by atoms with Crippen LogP contribution in [0.25, 0.3) is 0 Å². The summed E-state index contributed by atoms with van der Waals surface area (Å²) in [5.41, 5.74) is -1.65. The Morgan fingerprint density at radius 2 is 1.85 bits per heavy atom. The lowest BCUT2D eigenvalue weighted by molar-refractivity contribution is -0.249. The summed E-state index contributed by atoms with van der Waals surface area (Å²) in [5.74, 6) is -0.172. The topological polar surface area (TPSA) is 259 Å². The van der Waals surface area contributed by atoms with Crippen molar-refractivity contribution < 1.29 is 58.3 Å². The Kier molecular flexibility index (Phi) is 11.6. The Labute approximate surface area is 228 Å². The molecule has 1 aromatic heterocycles. The van der Waals surface area contributed by atoms with Crippen LogP contribution in [-0.2, 0) is 27.9 Å². The number of H-pyrrole nitrogens is 1. The average Bonchev–Trinajstić information content (AvgIpc) is 3.15. The highest BCUT2D eigenvalue weighted by atomic mass is 33.1. The number of nitrogens with one attached hydrogen (secondary N) is 2. The molecule has 17 nitrogen and oxygen atoms in total. The van der Waals surface area contributed by atoms with Crippen molar-refractivity contribution >= 4 is 35.3 Å². The van der Waals surface area contributed by atoms with E-state index in [0.717, 1.165) is 16.8 Å². The number of phosphoric acid groups is 1. The van der Waals surface area contributed by atoms with Crippen molar-refractivity contribution in [3.8, 4) is 0 Å². The molecule has 1 aromatic rings. The Morgan fingerprint density at radius 3 is 2.49 bits per heavy atom. The van der Waals surface area contributed by atoms with Gasteiger partial charge in [0.2, 0.25) is 5.91 Å². The number of phosphoric ester groups is 1. The predicted molar refractivity (Wildman–Crippen MR) is 134 cm³/mol.